The SMILES string of the molecule is Cc1nn(C)c(Sc2n[nH]c(=O)n2C)c1C#N. The Kier molecular flexibility index (Phi) is 2.77. The Morgan fingerprint density at radius 1 is 1.47 bits per heavy atom. The number of rotatable bonds is 2. The van der Waals surface area contributed by atoms with E-state index in [1.165, 1.54) is 16.3 Å². The fourth-order valence-electron chi connectivity index (χ4n) is 1.39. The minimum absolute atomic E-state index is 0.287. The fraction of sp³-hybridized carbons (Fsp3) is 0.333. The highest BCUT2D eigenvalue weighted by atomic mass is 32.2. The minimum atomic E-state index is -0.287. The van der Waals surface area contributed by atoms with E-state index in [4.69, 9.17) is 5.26 Å². The third kappa shape index (κ3) is 1.85. The lowest BCUT2D eigenvalue weighted by Gasteiger charge is -2.00. The molecule has 0 aliphatic carbocycles. The topological polar surface area (TPSA) is 92.3 Å². The first-order chi connectivity index (χ1) is 8.04. The summed E-state index contributed by atoms with van der Waals surface area (Å²) in [5.74, 6) is 0. The maximum atomic E-state index is 11.2. The van der Waals surface area contributed by atoms with Crippen molar-refractivity contribution in [3.8, 4) is 6.07 Å². The maximum Gasteiger partial charge on any atom is 0.343 e. The molecule has 2 rings (SSSR count). The van der Waals surface area contributed by atoms with Crippen molar-refractivity contribution in [3.63, 3.8) is 0 Å². The summed E-state index contributed by atoms with van der Waals surface area (Å²) < 4.78 is 2.99. The lowest BCUT2D eigenvalue weighted by molar-refractivity contribution is 0.686. The van der Waals surface area contributed by atoms with Crippen molar-refractivity contribution in [1.29, 1.82) is 5.26 Å². The third-order valence-electron chi connectivity index (χ3n) is 2.31. The molecule has 0 bridgehead atoms. The highest BCUT2D eigenvalue weighted by Gasteiger charge is 2.16. The van der Waals surface area contributed by atoms with Gasteiger partial charge in [-0.05, 0) is 18.7 Å². The molecule has 0 saturated heterocycles. The normalized spacial score (nSPS) is 10.5. The van der Waals surface area contributed by atoms with E-state index in [0.717, 1.165) is 0 Å². The van der Waals surface area contributed by atoms with Gasteiger partial charge in [-0.3, -0.25) is 9.25 Å². The first-order valence-corrected chi connectivity index (χ1v) is 5.59. The van der Waals surface area contributed by atoms with Gasteiger partial charge in [0.05, 0.1) is 5.69 Å². The van der Waals surface area contributed by atoms with Crippen LogP contribution in [0.3, 0.4) is 0 Å². The summed E-state index contributed by atoms with van der Waals surface area (Å²) in [5, 5.41) is 20.6. The van der Waals surface area contributed by atoms with Gasteiger partial charge in [-0.1, -0.05) is 0 Å². The van der Waals surface area contributed by atoms with E-state index in [9.17, 15) is 4.79 Å². The number of aromatic nitrogens is 5. The van der Waals surface area contributed by atoms with Crippen LogP contribution in [0, 0.1) is 18.3 Å². The van der Waals surface area contributed by atoms with Gasteiger partial charge in [-0.2, -0.15) is 10.4 Å². The van der Waals surface area contributed by atoms with Crippen LogP contribution in [0.5, 0.6) is 0 Å². The summed E-state index contributed by atoms with van der Waals surface area (Å²) in [5.41, 5.74) is 0.885. The minimum Gasteiger partial charge on any atom is -0.273 e. The molecule has 2 aromatic rings. The molecule has 8 heteroatoms. The maximum absolute atomic E-state index is 11.2. The van der Waals surface area contributed by atoms with Gasteiger partial charge < -0.3 is 0 Å². The first kappa shape index (κ1) is 11.5. The molecular formula is C9H10N6OS. The van der Waals surface area contributed by atoms with Crippen molar-refractivity contribution >= 4 is 11.8 Å². The summed E-state index contributed by atoms with van der Waals surface area (Å²) >= 11 is 1.23. The number of hydrogen-bond donors (Lipinski definition) is 1. The highest BCUT2D eigenvalue weighted by Crippen LogP contribution is 2.28. The smallest absolute Gasteiger partial charge is 0.273 e. The van der Waals surface area contributed by atoms with Crippen molar-refractivity contribution < 1.29 is 0 Å². The largest absolute Gasteiger partial charge is 0.343 e. The molecule has 1 N–H and O–H groups in total. The lowest BCUT2D eigenvalue weighted by Crippen LogP contribution is -2.13. The van der Waals surface area contributed by atoms with E-state index in [2.05, 4.69) is 21.4 Å². The number of nitriles is 1. The number of nitrogens with one attached hydrogen (secondary N) is 1. The van der Waals surface area contributed by atoms with Crippen LogP contribution in [0.15, 0.2) is 15.0 Å². The molecule has 0 radical (unpaired) electrons. The van der Waals surface area contributed by atoms with Gasteiger partial charge in [-0.25, -0.2) is 9.89 Å². The van der Waals surface area contributed by atoms with Crippen LogP contribution < -0.4 is 5.69 Å². The second kappa shape index (κ2) is 4.10. The van der Waals surface area contributed by atoms with Gasteiger partial charge in [0.25, 0.3) is 0 Å². The predicted octanol–water partition coefficient (Wildman–Crippen LogP) is 0.173. The molecule has 17 heavy (non-hydrogen) atoms. The molecule has 0 amide bonds. The van der Waals surface area contributed by atoms with Crippen LogP contribution in [0.1, 0.15) is 11.3 Å². The van der Waals surface area contributed by atoms with E-state index >= 15 is 0 Å². The molecule has 2 heterocycles. The number of nitrogens with zero attached hydrogens (tertiary/aromatic N) is 5. The average Bonchev–Trinajstić information content (AvgIpc) is 2.73. The quantitative estimate of drug-likeness (QED) is 0.820. The zero-order valence-corrected chi connectivity index (χ0v) is 10.4. The Bertz CT molecular complexity index is 658. The van der Waals surface area contributed by atoms with Crippen LogP contribution >= 0.6 is 11.8 Å². The van der Waals surface area contributed by atoms with Gasteiger partial charge in [0.15, 0.2) is 5.16 Å². The van der Waals surface area contributed by atoms with Gasteiger partial charge in [-0.15, -0.1) is 5.10 Å². The number of H-pyrrole nitrogens is 1. The van der Waals surface area contributed by atoms with Crippen LogP contribution in [-0.4, -0.2) is 24.5 Å². The summed E-state index contributed by atoms with van der Waals surface area (Å²) in [7, 11) is 3.37. The van der Waals surface area contributed by atoms with Crippen LogP contribution in [-0.2, 0) is 14.1 Å². The lowest BCUT2D eigenvalue weighted by atomic mass is 10.3. The Hall–Kier alpha value is -2.01. The molecule has 2 aromatic heterocycles. The zero-order chi connectivity index (χ0) is 12.6. The molecule has 0 aromatic carbocycles. The average molecular weight is 250 g/mol. The van der Waals surface area contributed by atoms with Crippen molar-refractivity contribution in [2.45, 2.75) is 17.1 Å². The number of hydrogen-bond acceptors (Lipinski definition) is 5. The van der Waals surface area contributed by atoms with Crippen LogP contribution in [0.25, 0.3) is 0 Å². The summed E-state index contributed by atoms with van der Waals surface area (Å²) in [6, 6.07) is 2.10. The molecule has 0 aliphatic heterocycles. The molecule has 0 fully saturated rings. The molecule has 88 valence electrons. The third-order valence-corrected chi connectivity index (χ3v) is 3.52. The molecule has 0 saturated carbocycles. The highest BCUT2D eigenvalue weighted by molar-refractivity contribution is 7.99. The van der Waals surface area contributed by atoms with E-state index in [1.54, 1.807) is 25.7 Å². The van der Waals surface area contributed by atoms with Gasteiger partial charge in [0.2, 0.25) is 0 Å². The Morgan fingerprint density at radius 2 is 2.18 bits per heavy atom. The van der Waals surface area contributed by atoms with Crippen LogP contribution in [0.4, 0.5) is 0 Å². The van der Waals surface area contributed by atoms with E-state index in [-0.39, 0.29) is 5.69 Å². The molecule has 0 unspecified atom stereocenters. The van der Waals surface area contributed by atoms with Gasteiger partial charge in [0.1, 0.15) is 16.7 Å². The number of aryl methyl sites for hydroxylation is 2. The molecule has 0 aliphatic rings. The summed E-state index contributed by atoms with van der Waals surface area (Å²) in [6.45, 7) is 1.77. The fourth-order valence-corrected chi connectivity index (χ4v) is 2.35. The second-order valence-corrected chi connectivity index (χ2v) is 4.43. The van der Waals surface area contributed by atoms with E-state index in [0.29, 0.717) is 21.4 Å². The van der Waals surface area contributed by atoms with Gasteiger partial charge >= 0.3 is 5.69 Å². The van der Waals surface area contributed by atoms with Crippen molar-refractivity contribution in [2.24, 2.45) is 14.1 Å². The second-order valence-electron chi connectivity index (χ2n) is 3.47. The van der Waals surface area contributed by atoms with Gasteiger partial charge in [0, 0.05) is 14.1 Å². The van der Waals surface area contributed by atoms with Crippen molar-refractivity contribution in [1.82, 2.24) is 24.5 Å². The molecule has 7 nitrogen and oxygen atoms in total. The van der Waals surface area contributed by atoms with Crippen molar-refractivity contribution in [2.75, 3.05) is 0 Å². The molecule has 0 spiro atoms. The van der Waals surface area contributed by atoms with Crippen molar-refractivity contribution in [3.05, 3.63) is 21.7 Å². The summed E-state index contributed by atoms with van der Waals surface area (Å²) in [6.07, 6.45) is 0. The predicted molar refractivity (Wildman–Crippen MR) is 60.6 cm³/mol. The first-order valence-electron chi connectivity index (χ1n) is 4.77. The monoisotopic (exact) mass is 250 g/mol. The molecular weight excluding hydrogens is 240 g/mol. The Morgan fingerprint density at radius 3 is 2.71 bits per heavy atom. The number of aromatic amines is 1. The Labute approximate surface area is 101 Å². The Balaban J connectivity index is 2.47. The van der Waals surface area contributed by atoms with Crippen LogP contribution in [0.2, 0.25) is 0 Å². The molecule has 0 atom stereocenters. The summed E-state index contributed by atoms with van der Waals surface area (Å²) in [4.78, 5) is 11.2. The zero-order valence-electron chi connectivity index (χ0n) is 9.55. The standard InChI is InChI=1S/C9H10N6OS/c1-5-6(4-10)7(15(3)13-5)17-9-12-11-8(16)14(9)2/h1-3H3,(H,11,16). The van der Waals surface area contributed by atoms with E-state index < -0.39 is 0 Å². The van der Waals surface area contributed by atoms with E-state index in [1.807, 2.05) is 0 Å².